The lowest BCUT2D eigenvalue weighted by atomic mass is 9.87. The third-order valence-corrected chi connectivity index (χ3v) is 6.47. The minimum Gasteiger partial charge on any atom is -0.451 e. The maximum absolute atomic E-state index is 14.1. The smallest absolute Gasteiger partial charge is 0.258 e. The van der Waals surface area contributed by atoms with E-state index in [1.54, 1.807) is 11.1 Å². The molecule has 2 saturated heterocycles. The molecule has 0 aliphatic carbocycles. The van der Waals surface area contributed by atoms with Crippen LogP contribution in [0, 0.1) is 11.2 Å². The molecule has 2 fully saturated rings. The Morgan fingerprint density at radius 3 is 2.69 bits per heavy atom. The number of rotatable bonds is 6. The van der Waals surface area contributed by atoms with Crippen LogP contribution >= 0.6 is 0 Å². The van der Waals surface area contributed by atoms with Gasteiger partial charge in [-0.3, -0.25) is 4.79 Å². The normalized spacial score (nSPS) is 20.5. The summed E-state index contributed by atoms with van der Waals surface area (Å²) in [7, 11) is 0. The summed E-state index contributed by atoms with van der Waals surface area (Å²) in [5.74, 6) is 0.732. The Bertz CT molecular complexity index is 967. The molecule has 8 heteroatoms. The number of ether oxygens (including phenoxy) is 1. The Morgan fingerprint density at radius 1 is 1.22 bits per heavy atom. The SMILES string of the molecule is CC(C)N(C(=O)c1cc(F)ccc1Oc1cncnc1N1CCC2(CCNC2)C1)C(C)C. The summed E-state index contributed by atoms with van der Waals surface area (Å²) in [4.78, 5) is 25.9. The van der Waals surface area contributed by atoms with E-state index in [2.05, 4.69) is 20.2 Å². The van der Waals surface area contributed by atoms with E-state index in [9.17, 15) is 9.18 Å². The summed E-state index contributed by atoms with van der Waals surface area (Å²) in [6, 6.07) is 3.99. The molecule has 1 aromatic carbocycles. The van der Waals surface area contributed by atoms with Crippen molar-refractivity contribution in [3.8, 4) is 11.5 Å². The maximum Gasteiger partial charge on any atom is 0.258 e. The molecule has 1 amide bonds. The van der Waals surface area contributed by atoms with Gasteiger partial charge in [0.05, 0.1) is 11.8 Å². The number of hydrogen-bond acceptors (Lipinski definition) is 6. The van der Waals surface area contributed by atoms with Crippen LogP contribution in [-0.2, 0) is 0 Å². The lowest BCUT2D eigenvalue weighted by Gasteiger charge is -2.31. The fourth-order valence-corrected chi connectivity index (χ4v) is 4.96. The molecule has 2 aliphatic rings. The van der Waals surface area contributed by atoms with Crippen molar-refractivity contribution in [2.75, 3.05) is 31.1 Å². The van der Waals surface area contributed by atoms with Crippen LogP contribution in [0.2, 0.25) is 0 Å². The molecule has 0 radical (unpaired) electrons. The molecular weight excluding hydrogens is 409 g/mol. The van der Waals surface area contributed by atoms with E-state index in [1.807, 2.05) is 27.7 Å². The minimum absolute atomic E-state index is 0.0324. The van der Waals surface area contributed by atoms with Gasteiger partial charge in [0.1, 0.15) is 17.9 Å². The quantitative estimate of drug-likeness (QED) is 0.734. The Hall–Kier alpha value is -2.74. The second-order valence-electron chi connectivity index (χ2n) is 9.45. The lowest BCUT2D eigenvalue weighted by molar-refractivity contribution is 0.0640. The molecule has 1 aromatic heterocycles. The van der Waals surface area contributed by atoms with Gasteiger partial charge in [-0.05, 0) is 65.3 Å². The van der Waals surface area contributed by atoms with Crippen molar-refractivity contribution in [1.82, 2.24) is 20.2 Å². The third kappa shape index (κ3) is 4.41. The van der Waals surface area contributed by atoms with Crippen molar-refractivity contribution in [1.29, 1.82) is 0 Å². The highest BCUT2D eigenvalue weighted by atomic mass is 19.1. The molecule has 32 heavy (non-hydrogen) atoms. The second-order valence-corrected chi connectivity index (χ2v) is 9.45. The monoisotopic (exact) mass is 441 g/mol. The Kier molecular flexibility index (Phi) is 6.33. The Labute approximate surface area is 189 Å². The van der Waals surface area contributed by atoms with Crippen molar-refractivity contribution < 1.29 is 13.9 Å². The first kappa shape index (κ1) is 22.5. The summed E-state index contributed by atoms with van der Waals surface area (Å²) in [6.45, 7) is 11.6. The van der Waals surface area contributed by atoms with Crippen LogP contribution in [0.5, 0.6) is 11.5 Å². The molecule has 1 spiro atoms. The number of amides is 1. The molecule has 4 rings (SSSR count). The van der Waals surface area contributed by atoms with Crippen LogP contribution in [0.3, 0.4) is 0 Å². The number of hydrogen-bond donors (Lipinski definition) is 1. The zero-order valence-corrected chi connectivity index (χ0v) is 19.3. The highest BCUT2D eigenvalue weighted by Crippen LogP contribution is 2.41. The Balaban J connectivity index is 1.64. The number of benzene rings is 1. The molecule has 3 heterocycles. The first-order chi connectivity index (χ1) is 15.3. The number of carbonyl (C=O) groups excluding carboxylic acids is 1. The average Bonchev–Trinajstić information content (AvgIpc) is 3.39. The molecule has 0 bridgehead atoms. The second kappa shape index (κ2) is 9.02. The van der Waals surface area contributed by atoms with Crippen molar-refractivity contribution in [3.05, 3.63) is 42.1 Å². The molecular formula is C24H32FN5O2. The number of halogens is 1. The number of carbonyl (C=O) groups is 1. The predicted molar refractivity (Wildman–Crippen MR) is 122 cm³/mol. The first-order valence-corrected chi connectivity index (χ1v) is 11.4. The molecule has 0 saturated carbocycles. The summed E-state index contributed by atoms with van der Waals surface area (Å²) in [6.07, 6.45) is 5.37. The van der Waals surface area contributed by atoms with E-state index in [4.69, 9.17) is 4.74 Å². The predicted octanol–water partition coefficient (Wildman–Crippen LogP) is 3.86. The zero-order chi connectivity index (χ0) is 22.9. The molecule has 1 unspecified atom stereocenters. The molecule has 2 aromatic rings. The summed E-state index contributed by atoms with van der Waals surface area (Å²) in [5.41, 5.74) is 0.467. The fourth-order valence-electron chi connectivity index (χ4n) is 4.96. The van der Waals surface area contributed by atoms with Gasteiger partial charge in [-0.15, -0.1) is 0 Å². The van der Waals surface area contributed by atoms with Gasteiger partial charge in [0.2, 0.25) is 0 Å². The highest BCUT2D eigenvalue weighted by molar-refractivity contribution is 5.97. The number of nitrogens with zero attached hydrogens (tertiary/aromatic N) is 4. The number of anilines is 1. The van der Waals surface area contributed by atoms with E-state index >= 15 is 0 Å². The number of aromatic nitrogens is 2. The van der Waals surface area contributed by atoms with Crippen LogP contribution in [0.1, 0.15) is 50.9 Å². The standard InChI is InChI=1S/C24H32FN5O2/c1-16(2)30(17(3)4)23(31)19-11-18(25)5-6-20(19)32-21-12-27-15-28-22(21)29-10-8-24(14-29)7-9-26-13-24/h5-6,11-12,15-17,26H,7-10,13-14H2,1-4H3. The van der Waals surface area contributed by atoms with Gasteiger partial charge in [-0.2, -0.15) is 0 Å². The van der Waals surface area contributed by atoms with Crippen LogP contribution in [0.15, 0.2) is 30.7 Å². The largest absolute Gasteiger partial charge is 0.451 e. The summed E-state index contributed by atoms with van der Waals surface area (Å²) >= 11 is 0. The fraction of sp³-hybridized carbons (Fsp3) is 0.542. The van der Waals surface area contributed by atoms with Crippen LogP contribution in [0.25, 0.3) is 0 Å². The van der Waals surface area contributed by atoms with E-state index in [-0.39, 0.29) is 29.0 Å². The van der Waals surface area contributed by atoms with Crippen molar-refractivity contribution >= 4 is 11.7 Å². The molecule has 2 aliphatic heterocycles. The van der Waals surface area contributed by atoms with Crippen LogP contribution < -0.4 is 15.0 Å². The van der Waals surface area contributed by atoms with E-state index < -0.39 is 5.82 Å². The van der Waals surface area contributed by atoms with Crippen molar-refractivity contribution in [3.63, 3.8) is 0 Å². The topological polar surface area (TPSA) is 70.6 Å². The lowest BCUT2D eigenvalue weighted by Crippen LogP contribution is -2.42. The number of nitrogens with one attached hydrogen (secondary N) is 1. The molecule has 1 N–H and O–H groups in total. The van der Waals surface area contributed by atoms with Crippen molar-refractivity contribution in [2.45, 2.75) is 52.6 Å². The highest BCUT2D eigenvalue weighted by Gasteiger charge is 2.41. The van der Waals surface area contributed by atoms with Gasteiger partial charge in [0.15, 0.2) is 11.6 Å². The first-order valence-electron chi connectivity index (χ1n) is 11.4. The van der Waals surface area contributed by atoms with E-state index in [1.165, 1.54) is 24.5 Å². The van der Waals surface area contributed by atoms with Gasteiger partial charge in [0.25, 0.3) is 5.91 Å². The summed E-state index contributed by atoms with van der Waals surface area (Å²) in [5, 5.41) is 3.47. The van der Waals surface area contributed by atoms with Gasteiger partial charge in [-0.1, -0.05) is 0 Å². The van der Waals surface area contributed by atoms with Crippen molar-refractivity contribution in [2.24, 2.45) is 5.41 Å². The van der Waals surface area contributed by atoms with Gasteiger partial charge in [0, 0.05) is 37.1 Å². The molecule has 7 nitrogen and oxygen atoms in total. The van der Waals surface area contributed by atoms with Crippen LogP contribution in [0.4, 0.5) is 10.2 Å². The van der Waals surface area contributed by atoms with Gasteiger partial charge in [-0.25, -0.2) is 14.4 Å². The average molecular weight is 442 g/mol. The molecule has 172 valence electrons. The van der Waals surface area contributed by atoms with Crippen LogP contribution in [-0.4, -0.2) is 59.0 Å². The van der Waals surface area contributed by atoms with Gasteiger partial charge >= 0.3 is 0 Å². The van der Waals surface area contributed by atoms with E-state index in [0.717, 1.165) is 39.0 Å². The molecule has 1 atom stereocenters. The Morgan fingerprint density at radius 2 is 2.00 bits per heavy atom. The minimum atomic E-state index is -0.479. The maximum atomic E-state index is 14.1. The van der Waals surface area contributed by atoms with Gasteiger partial charge < -0.3 is 19.9 Å². The third-order valence-electron chi connectivity index (χ3n) is 6.47. The van der Waals surface area contributed by atoms with E-state index in [0.29, 0.717) is 17.3 Å². The zero-order valence-electron chi connectivity index (χ0n) is 19.3. The summed E-state index contributed by atoms with van der Waals surface area (Å²) < 4.78 is 20.3.